The van der Waals surface area contributed by atoms with Gasteiger partial charge in [0.2, 0.25) is 5.95 Å². The molecule has 0 saturated carbocycles. The van der Waals surface area contributed by atoms with Crippen molar-refractivity contribution in [1.29, 1.82) is 0 Å². The summed E-state index contributed by atoms with van der Waals surface area (Å²) in [4.78, 5) is 4.69. The Morgan fingerprint density at radius 2 is 1.81 bits per heavy atom. The summed E-state index contributed by atoms with van der Waals surface area (Å²) in [5, 5.41) is 7.12. The number of anilines is 1. The van der Waals surface area contributed by atoms with Crippen molar-refractivity contribution in [2.24, 2.45) is 7.05 Å². The van der Waals surface area contributed by atoms with Crippen LogP contribution >= 0.6 is 12.2 Å². The lowest BCUT2D eigenvalue weighted by molar-refractivity contribution is 0.168. The average molecular weight is 241 g/mol. The van der Waals surface area contributed by atoms with E-state index in [2.05, 4.69) is 40.9 Å². The van der Waals surface area contributed by atoms with E-state index in [9.17, 15) is 0 Å². The molecule has 1 aliphatic rings. The van der Waals surface area contributed by atoms with Crippen LogP contribution in [0.25, 0.3) is 0 Å². The molecule has 1 aliphatic heterocycles. The number of nitrogens with zero attached hydrogens (tertiary/aromatic N) is 4. The van der Waals surface area contributed by atoms with Gasteiger partial charge in [-0.25, -0.2) is 5.10 Å². The average Bonchev–Trinajstić information content (AvgIpc) is 2.56. The summed E-state index contributed by atoms with van der Waals surface area (Å²) >= 11 is 5.13. The van der Waals surface area contributed by atoms with Crippen molar-refractivity contribution in [2.45, 2.75) is 25.9 Å². The molecule has 16 heavy (non-hydrogen) atoms. The maximum absolute atomic E-state index is 5.13. The molecule has 6 heteroatoms. The SMILES string of the molecule is CC1CN(c2n[nH]c(=S)n2C)CC(C)N1C. The van der Waals surface area contributed by atoms with Gasteiger partial charge in [0.1, 0.15) is 0 Å². The zero-order valence-electron chi connectivity index (χ0n) is 10.3. The molecule has 2 rings (SSSR count). The second-order valence-electron chi connectivity index (χ2n) is 4.66. The number of piperazine rings is 1. The van der Waals surface area contributed by atoms with E-state index < -0.39 is 0 Å². The summed E-state index contributed by atoms with van der Waals surface area (Å²) in [6.45, 7) is 6.47. The molecule has 2 unspecified atom stereocenters. The van der Waals surface area contributed by atoms with Crippen LogP contribution < -0.4 is 4.90 Å². The highest BCUT2D eigenvalue weighted by Crippen LogP contribution is 2.18. The van der Waals surface area contributed by atoms with Crippen LogP contribution in [-0.4, -0.2) is 51.9 Å². The van der Waals surface area contributed by atoms with Gasteiger partial charge in [0.15, 0.2) is 4.77 Å². The largest absolute Gasteiger partial charge is 0.338 e. The first-order valence-corrected chi connectivity index (χ1v) is 5.99. The minimum absolute atomic E-state index is 0.536. The minimum atomic E-state index is 0.536. The number of likely N-dealkylation sites (N-methyl/N-ethyl adjacent to an activating group) is 1. The third-order valence-corrected chi connectivity index (χ3v) is 3.86. The van der Waals surface area contributed by atoms with E-state index in [-0.39, 0.29) is 0 Å². The van der Waals surface area contributed by atoms with Gasteiger partial charge >= 0.3 is 0 Å². The van der Waals surface area contributed by atoms with E-state index in [1.165, 1.54) is 0 Å². The van der Waals surface area contributed by atoms with Crippen LogP contribution in [0.1, 0.15) is 13.8 Å². The summed E-state index contributed by atoms with van der Waals surface area (Å²) in [7, 11) is 4.13. The molecule has 0 radical (unpaired) electrons. The van der Waals surface area contributed by atoms with Gasteiger partial charge in [0.25, 0.3) is 0 Å². The van der Waals surface area contributed by atoms with Crippen molar-refractivity contribution in [3.63, 3.8) is 0 Å². The fraction of sp³-hybridized carbons (Fsp3) is 0.800. The Kier molecular flexibility index (Phi) is 3.03. The third-order valence-electron chi connectivity index (χ3n) is 3.50. The first-order chi connectivity index (χ1) is 7.50. The van der Waals surface area contributed by atoms with Gasteiger partial charge in [-0.1, -0.05) is 0 Å². The lowest BCUT2D eigenvalue weighted by atomic mass is 10.1. The van der Waals surface area contributed by atoms with E-state index in [0.29, 0.717) is 16.9 Å². The highest BCUT2D eigenvalue weighted by molar-refractivity contribution is 7.71. The summed E-state index contributed by atoms with van der Waals surface area (Å²) < 4.78 is 2.61. The zero-order chi connectivity index (χ0) is 11.9. The van der Waals surface area contributed by atoms with Crippen LogP contribution in [0.2, 0.25) is 0 Å². The van der Waals surface area contributed by atoms with Gasteiger partial charge in [-0.15, -0.1) is 5.10 Å². The molecule has 1 aromatic rings. The molecule has 0 bridgehead atoms. The van der Waals surface area contributed by atoms with Crippen LogP contribution in [0.5, 0.6) is 0 Å². The molecular formula is C10H19N5S. The van der Waals surface area contributed by atoms with E-state index in [1.54, 1.807) is 0 Å². The fourth-order valence-corrected chi connectivity index (χ4v) is 2.32. The lowest BCUT2D eigenvalue weighted by Crippen LogP contribution is -2.55. The molecular weight excluding hydrogens is 222 g/mol. The number of rotatable bonds is 1. The maximum atomic E-state index is 5.13. The van der Waals surface area contributed by atoms with Gasteiger partial charge in [-0.3, -0.25) is 9.47 Å². The molecule has 1 saturated heterocycles. The second-order valence-corrected chi connectivity index (χ2v) is 5.04. The van der Waals surface area contributed by atoms with Crippen LogP contribution in [0, 0.1) is 4.77 Å². The maximum Gasteiger partial charge on any atom is 0.225 e. The molecule has 5 nitrogen and oxygen atoms in total. The standard InChI is InChI=1S/C10H19N5S/c1-7-5-15(6-8(2)13(7)3)9-11-12-10(16)14(9)4/h7-8H,5-6H2,1-4H3,(H,12,16). The van der Waals surface area contributed by atoms with E-state index >= 15 is 0 Å². The Labute approximate surface area is 101 Å². The Hall–Kier alpha value is -0.880. The summed E-state index contributed by atoms with van der Waals surface area (Å²) in [6, 6.07) is 1.07. The van der Waals surface area contributed by atoms with Crippen LogP contribution in [0.4, 0.5) is 5.95 Å². The van der Waals surface area contributed by atoms with E-state index in [0.717, 1.165) is 19.0 Å². The van der Waals surface area contributed by atoms with E-state index in [4.69, 9.17) is 12.2 Å². The van der Waals surface area contributed by atoms with Gasteiger partial charge in [0.05, 0.1) is 0 Å². The third kappa shape index (κ3) is 1.87. The summed E-state index contributed by atoms with van der Waals surface area (Å²) in [6.07, 6.45) is 0. The van der Waals surface area contributed by atoms with Crippen molar-refractivity contribution < 1.29 is 0 Å². The van der Waals surface area contributed by atoms with Crippen molar-refractivity contribution in [3.8, 4) is 0 Å². The van der Waals surface area contributed by atoms with Gasteiger partial charge in [0, 0.05) is 32.2 Å². The van der Waals surface area contributed by atoms with Crippen LogP contribution in [0.3, 0.4) is 0 Å². The molecule has 90 valence electrons. The summed E-state index contributed by atoms with van der Waals surface area (Å²) in [5.41, 5.74) is 0. The summed E-state index contributed by atoms with van der Waals surface area (Å²) in [5.74, 6) is 0.941. The lowest BCUT2D eigenvalue weighted by Gasteiger charge is -2.42. The molecule has 1 fully saturated rings. The number of hydrogen-bond acceptors (Lipinski definition) is 4. The van der Waals surface area contributed by atoms with Gasteiger partial charge < -0.3 is 4.90 Å². The van der Waals surface area contributed by atoms with Gasteiger partial charge in [-0.2, -0.15) is 0 Å². The Morgan fingerprint density at radius 3 is 2.25 bits per heavy atom. The molecule has 2 heterocycles. The van der Waals surface area contributed by atoms with Crippen molar-refractivity contribution >= 4 is 18.2 Å². The Morgan fingerprint density at radius 1 is 1.25 bits per heavy atom. The first-order valence-electron chi connectivity index (χ1n) is 5.59. The second kappa shape index (κ2) is 4.18. The highest BCUT2D eigenvalue weighted by atomic mass is 32.1. The molecule has 1 aromatic heterocycles. The van der Waals surface area contributed by atoms with Crippen molar-refractivity contribution in [1.82, 2.24) is 19.7 Å². The fourth-order valence-electron chi connectivity index (χ4n) is 2.19. The van der Waals surface area contributed by atoms with E-state index in [1.807, 2.05) is 11.6 Å². The number of aromatic nitrogens is 3. The molecule has 0 aromatic carbocycles. The van der Waals surface area contributed by atoms with Crippen LogP contribution in [-0.2, 0) is 7.05 Å². The Balaban J connectivity index is 2.23. The predicted octanol–water partition coefficient (Wildman–Crippen LogP) is 1.01. The molecule has 2 atom stereocenters. The van der Waals surface area contributed by atoms with Crippen molar-refractivity contribution in [3.05, 3.63) is 4.77 Å². The normalized spacial score (nSPS) is 27.4. The highest BCUT2D eigenvalue weighted by Gasteiger charge is 2.28. The number of nitrogens with one attached hydrogen (secondary N) is 1. The number of aromatic amines is 1. The zero-order valence-corrected chi connectivity index (χ0v) is 11.1. The Bertz CT molecular complexity index is 411. The van der Waals surface area contributed by atoms with Crippen LogP contribution in [0.15, 0.2) is 0 Å². The monoisotopic (exact) mass is 241 g/mol. The molecule has 0 spiro atoms. The quantitative estimate of drug-likeness (QED) is 0.745. The molecule has 1 N–H and O–H groups in total. The van der Waals surface area contributed by atoms with Gasteiger partial charge in [-0.05, 0) is 33.1 Å². The first kappa shape index (κ1) is 11.6. The predicted molar refractivity (Wildman–Crippen MR) is 67.3 cm³/mol. The minimum Gasteiger partial charge on any atom is -0.338 e. The molecule has 0 aliphatic carbocycles. The smallest absolute Gasteiger partial charge is 0.225 e. The number of H-pyrrole nitrogens is 1. The number of hydrogen-bond donors (Lipinski definition) is 1. The molecule has 0 amide bonds. The topological polar surface area (TPSA) is 40.1 Å². The van der Waals surface area contributed by atoms with Crippen molar-refractivity contribution in [2.75, 3.05) is 25.0 Å².